The molecule has 1 aromatic heterocycles. The van der Waals surface area contributed by atoms with Crippen molar-refractivity contribution in [2.24, 2.45) is 5.92 Å². The summed E-state index contributed by atoms with van der Waals surface area (Å²) in [6, 6.07) is 1.57. The number of nitrogens with zero attached hydrogens (tertiary/aromatic N) is 1. The smallest absolute Gasteiger partial charge is 0.363 e. The number of hydrogen-bond acceptors (Lipinski definition) is 5. The van der Waals surface area contributed by atoms with Crippen molar-refractivity contribution in [3.05, 3.63) is 12.3 Å². The first-order valence-electron chi connectivity index (χ1n) is 7.46. The van der Waals surface area contributed by atoms with E-state index in [4.69, 9.17) is 13.6 Å². The fraction of sp³-hybridized carbons (Fsp3) is 0.786. The number of rotatable bonds is 10. The molecule has 0 aliphatic rings. The molecule has 1 rings (SSSR count). The van der Waals surface area contributed by atoms with Crippen molar-refractivity contribution < 1.29 is 18.1 Å². The zero-order valence-electron chi connectivity index (χ0n) is 13.5. The van der Waals surface area contributed by atoms with Crippen LogP contribution in [0.4, 0.5) is 5.82 Å². The third kappa shape index (κ3) is 7.65. The van der Waals surface area contributed by atoms with Gasteiger partial charge in [-0.05, 0) is 33.1 Å². The minimum absolute atomic E-state index is 0.160. The molecule has 0 aromatic carbocycles. The van der Waals surface area contributed by atoms with Gasteiger partial charge in [0.25, 0.3) is 0 Å². The molecular weight excluding hydrogens is 291 g/mol. The lowest BCUT2D eigenvalue weighted by Gasteiger charge is -2.24. The fourth-order valence-corrected chi connectivity index (χ4v) is 3.55. The van der Waals surface area contributed by atoms with Crippen LogP contribution in [-0.2, 0) is 13.6 Å². The second-order valence-electron chi connectivity index (χ2n) is 5.89. The van der Waals surface area contributed by atoms with Crippen LogP contribution in [0, 0.1) is 5.92 Å². The number of anilines is 1. The molecule has 0 fully saturated rings. The van der Waals surface area contributed by atoms with Crippen molar-refractivity contribution in [1.29, 1.82) is 0 Å². The van der Waals surface area contributed by atoms with Crippen LogP contribution < -0.4 is 5.09 Å². The second-order valence-corrected chi connectivity index (χ2v) is 7.53. The highest BCUT2D eigenvalue weighted by Gasteiger charge is 2.30. The summed E-state index contributed by atoms with van der Waals surface area (Å²) in [7, 11) is -3.46. The van der Waals surface area contributed by atoms with Crippen LogP contribution >= 0.6 is 7.75 Å². The minimum Gasteiger partial charge on any atom is -0.363 e. The molecule has 0 radical (unpaired) electrons. The molecule has 0 bridgehead atoms. The molecule has 0 spiro atoms. The van der Waals surface area contributed by atoms with E-state index in [1.807, 2.05) is 20.8 Å². The van der Waals surface area contributed by atoms with E-state index in [0.29, 0.717) is 11.7 Å². The van der Waals surface area contributed by atoms with Gasteiger partial charge in [0.15, 0.2) is 5.82 Å². The minimum atomic E-state index is -3.46. The van der Waals surface area contributed by atoms with Crippen molar-refractivity contribution in [3.8, 4) is 0 Å². The molecule has 0 aliphatic heterocycles. The molecule has 21 heavy (non-hydrogen) atoms. The topological polar surface area (TPSA) is 73.6 Å². The lowest BCUT2D eigenvalue weighted by molar-refractivity contribution is 0.131. The highest BCUT2D eigenvalue weighted by atomic mass is 31.2. The quantitative estimate of drug-likeness (QED) is 0.622. The highest BCUT2D eigenvalue weighted by molar-refractivity contribution is 7.55. The fourth-order valence-electron chi connectivity index (χ4n) is 1.87. The summed E-state index contributed by atoms with van der Waals surface area (Å²) in [6.07, 6.45) is 4.01. The van der Waals surface area contributed by atoms with Crippen molar-refractivity contribution >= 4 is 13.6 Å². The lowest BCUT2D eigenvalue weighted by Crippen LogP contribution is -2.15. The summed E-state index contributed by atoms with van der Waals surface area (Å²) in [5, 5.41) is 6.39. The summed E-state index contributed by atoms with van der Waals surface area (Å²) in [5.74, 6) is 0.998. The first-order valence-corrected chi connectivity index (χ1v) is 9.00. The van der Waals surface area contributed by atoms with Crippen LogP contribution in [0.2, 0.25) is 0 Å². The van der Waals surface area contributed by atoms with E-state index in [2.05, 4.69) is 24.1 Å². The third-order valence-corrected chi connectivity index (χ3v) is 4.59. The molecule has 6 nitrogen and oxygen atoms in total. The SMILES string of the molecule is CC(C)CCCC(C)OP(=O)(Nc1ccon1)OC(C)C. The third-order valence-electron chi connectivity index (χ3n) is 2.75. The predicted molar refractivity (Wildman–Crippen MR) is 83.2 cm³/mol. The molecule has 1 heterocycles. The number of hydrogen-bond donors (Lipinski definition) is 1. The van der Waals surface area contributed by atoms with Crippen molar-refractivity contribution in [3.63, 3.8) is 0 Å². The Kier molecular flexibility index (Phi) is 7.43. The van der Waals surface area contributed by atoms with Crippen LogP contribution in [-0.4, -0.2) is 17.4 Å². The second kappa shape index (κ2) is 8.57. The standard InChI is InChI=1S/C14H27N2O4P/c1-11(2)7-6-8-13(5)20-21(17,19-12(3)4)16-14-9-10-18-15-14/h9-13H,6-8H2,1-5H3,(H,15,16,17). The molecule has 0 saturated heterocycles. The Balaban J connectivity index is 2.58. The van der Waals surface area contributed by atoms with Gasteiger partial charge in [-0.1, -0.05) is 31.8 Å². The molecule has 122 valence electrons. The van der Waals surface area contributed by atoms with Crippen LogP contribution in [0.15, 0.2) is 16.9 Å². The average Bonchev–Trinajstić information content (AvgIpc) is 2.78. The van der Waals surface area contributed by atoms with Crippen molar-refractivity contribution in [2.75, 3.05) is 5.09 Å². The van der Waals surface area contributed by atoms with Gasteiger partial charge in [0.1, 0.15) is 6.26 Å². The van der Waals surface area contributed by atoms with Gasteiger partial charge in [0, 0.05) is 6.07 Å². The van der Waals surface area contributed by atoms with Crippen LogP contribution in [0.25, 0.3) is 0 Å². The molecule has 7 heteroatoms. The van der Waals surface area contributed by atoms with E-state index in [-0.39, 0.29) is 12.2 Å². The van der Waals surface area contributed by atoms with Gasteiger partial charge in [-0.15, -0.1) is 0 Å². The first kappa shape index (κ1) is 18.2. The highest BCUT2D eigenvalue weighted by Crippen LogP contribution is 2.50. The Bertz CT molecular complexity index is 434. The van der Waals surface area contributed by atoms with Crippen LogP contribution in [0.1, 0.15) is 53.9 Å². The normalized spacial score (nSPS) is 16.1. The van der Waals surface area contributed by atoms with Gasteiger partial charge in [-0.3, -0.25) is 14.1 Å². The Labute approximate surface area is 127 Å². The zero-order chi connectivity index (χ0) is 15.9. The van der Waals surface area contributed by atoms with Crippen LogP contribution in [0.3, 0.4) is 0 Å². The van der Waals surface area contributed by atoms with E-state index in [1.165, 1.54) is 6.26 Å². The first-order chi connectivity index (χ1) is 9.81. The predicted octanol–water partition coefficient (Wildman–Crippen LogP) is 4.85. The molecule has 1 N–H and O–H groups in total. The Morgan fingerprint density at radius 3 is 2.48 bits per heavy atom. The van der Waals surface area contributed by atoms with Crippen molar-refractivity contribution in [2.45, 2.75) is 66.1 Å². The van der Waals surface area contributed by atoms with Crippen LogP contribution in [0.5, 0.6) is 0 Å². The monoisotopic (exact) mass is 318 g/mol. The zero-order valence-corrected chi connectivity index (χ0v) is 14.4. The molecular formula is C14H27N2O4P. The maximum absolute atomic E-state index is 12.8. The Hall–Kier alpha value is -0.840. The van der Waals surface area contributed by atoms with E-state index < -0.39 is 7.75 Å². The van der Waals surface area contributed by atoms with E-state index in [1.54, 1.807) is 6.07 Å². The Morgan fingerprint density at radius 2 is 1.95 bits per heavy atom. The molecule has 2 atom stereocenters. The van der Waals surface area contributed by atoms with Gasteiger partial charge in [0.05, 0.1) is 12.2 Å². The Morgan fingerprint density at radius 1 is 1.24 bits per heavy atom. The van der Waals surface area contributed by atoms with Crippen molar-refractivity contribution in [1.82, 2.24) is 5.16 Å². The summed E-state index contributed by atoms with van der Waals surface area (Å²) in [5.41, 5.74) is 0. The van der Waals surface area contributed by atoms with Gasteiger partial charge in [-0.2, -0.15) is 0 Å². The van der Waals surface area contributed by atoms with Gasteiger partial charge in [-0.25, -0.2) is 4.57 Å². The maximum atomic E-state index is 12.8. The molecule has 0 aliphatic carbocycles. The molecule has 0 amide bonds. The number of aromatic nitrogens is 1. The van der Waals surface area contributed by atoms with Gasteiger partial charge >= 0.3 is 7.75 Å². The largest absolute Gasteiger partial charge is 0.434 e. The van der Waals surface area contributed by atoms with E-state index >= 15 is 0 Å². The molecule has 1 aromatic rings. The summed E-state index contributed by atoms with van der Waals surface area (Å²) in [4.78, 5) is 0. The summed E-state index contributed by atoms with van der Waals surface area (Å²) >= 11 is 0. The van der Waals surface area contributed by atoms with Gasteiger partial charge in [0.2, 0.25) is 0 Å². The molecule has 0 saturated carbocycles. The van der Waals surface area contributed by atoms with E-state index in [0.717, 1.165) is 19.3 Å². The van der Waals surface area contributed by atoms with Gasteiger partial charge < -0.3 is 4.52 Å². The summed E-state index contributed by atoms with van der Waals surface area (Å²) in [6.45, 7) is 9.89. The maximum Gasteiger partial charge on any atom is 0.434 e. The summed E-state index contributed by atoms with van der Waals surface area (Å²) < 4.78 is 28.6. The molecule has 2 unspecified atom stereocenters. The van der Waals surface area contributed by atoms with E-state index in [9.17, 15) is 4.57 Å². The number of nitrogens with one attached hydrogen (secondary N) is 1. The average molecular weight is 318 g/mol. The lowest BCUT2D eigenvalue weighted by atomic mass is 10.1.